The van der Waals surface area contributed by atoms with E-state index in [-0.39, 0.29) is 5.41 Å². The van der Waals surface area contributed by atoms with E-state index in [2.05, 4.69) is 75.4 Å². The molecule has 2 aromatic carbocycles. The molecule has 1 fully saturated rings. The maximum absolute atomic E-state index is 10.1. The van der Waals surface area contributed by atoms with Gasteiger partial charge in [0.25, 0.3) is 0 Å². The van der Waals surface area contributed by atoms with Gasteiger partial charge >= 0.3 is 0 Å². The lowest BCUT2D eigenvalue weighted by Gasteiger charge is -2.36. The van der Waals surface area contributed by atoms with Crippen molar-refractivity contribution < 1.29 is 0 Å². The van der Waals surface area contributed by atoms with E-state index in [1.807, 2.05) is 0 Å². The first-order valence-electron chi connectivity index (χ1n) is 13.2. The largest absolute Gasteiger partial charge is 0.197 e. The van der Waals surface area contributed by atoms with Gasteiger partial charge in [0.2, 0.25) is 0 Å². The minimum absolute atomic E-state index is 0.286. The molecule has 0 saturated heterocycles. The highest BCUT2D eigenvalue weighted by molar-refractivity contribution is 5.64. The minimum atomic E-state index is -0.286. The van der Waals surface area contributed by atoms with Gasteiger partial charge in [-0.1, -0.05) is 101 Å². The average Bonchev–Trinajstić information content (AvgIpc) is 2.85. The summed E-state index contributed by atoms with van der Waals surface area (Å²) in [5.74, 6) is 1.61. The number of hydrogen-bond acceptors (Lipinski definition) is 1. The van der Waals surface area contributed by atoms with Crippen LogP contribution in [0, 0.1) is 23.2 Å². The Morgan fingerprint density at radius 2 is 1.47 bits per heavy atom. The number of benzene rings is 2. The molecule has 0 bridgehead atoms. The van der Waals surface area contributed by atoms with Crippen molar-refractivity contribution in [3.63, 3.8) is 0 Å². The van der Waals surface area contributed by atoms with Crippen LogP contribution in [0.2, 0.25) is 0 Å². The van der Waals surface area contributed by atoms with Gasteiger partial charge in [-0.15, -0.1) is 0 Å². The molecule has 0 N–H and O–H groups in total. The summed E-state index contributed by atoms with van der Waals surface area (Å²) >= 11 is 0. The second-order valence-corrected chi connectivity index (χ2v) is 10.3. The second kappa shape index (κ2) is 12.2. The van der Waals surface area contributed by atoms with Crippen LogP contribution in [0.15, 0.2) is 48.5 Å². The SMILES string of the molecule is CCCCCCCc1ccc(-c2ccc(C3(C#N)CCC(CC(C)CC)CC3)cc2)cc1. The fraction of sp³-hybridized carbons (Fsp3) is 0.581. The third-order valence-corrected chi connectivity index (χ3v) is 7.90. The van der Waals surface area contributed by atoms with Crippen LogP contribution < -0.4 is 0 Å². The lowest BCUT2D eigenvalue weighted by molar-refractivity contribution is 0.241. The van der Waals surface area contributed by atoms with Crippen LogP contribution in [-0.2, 0) is 11.8 Å². The van der Waals surface area contributed by atoms with Crippen LogP contribution in [0.5, 0.6) is 0 Å². The number of unbranched alkanes of at least 4 members (excludes halogenated alkanes) is 4. The zero-order valence-electron chi connectivity index (χ0n) is 20.7. The smallest absolute Gasteiger partial charge is 0.0822 e. The van der Waals surface area contributed by atoms with Crippen LogP contribution in [0.1, 0.15) is 103 Å². The van der Waals surface area contributed by atoms with Crippen molar-refractivity contribution in [1.29, 1.82) is 5.26 Å². The number of hydrogen-bond donors (Lipinski definition) is 0. The monoisotopic (exact) mass is 429 g/mol. The Kier molecular flexibility index (Phi) is 9.40. The number of nitriles is 1. The Bertz CT molecular complexity index is 832. The van der Waals surface area contributed by atoms with Crippen LogP contribution in [0.25, 0.3) is 11.1 Å². The van der Waals surface area contributed by atoms with Gasteiger partial charge in [0, 0.05) is 0 Å². The first-order chi connectivity index (χ1) is 15.6. The summed E-state index contributed by atoms with van der Waals surface area (Å²) in [6.07, 6.45) is 14.9. The van der Waals surface area contributed by atoms with Gasteiger partial charge in [-0.25, -0.2) is 0 Å². The Hall–Kier alpha value is -2.07. The molecule has 0 radical (unpaired) electrons. The van der Waals surface area contributed by atoms with E-state index >= 15 is 0 Å². The quantitative estimate of drug-likeness (QED) is 0.326. The third kappa shape index (κ3) is 6.48. The molecular weight excluding hydrogens is 386 g/mol. The van der Waals surface area contributed by atoms with Crippen molar-refractivity contribution in [2.75, 3.05) is 0 Å². The molecule has 1 aliphatic rings. The van der Waals surface area contributed by atoms with E-state index < -0.39 is 0 Å². The molecule has 32 heavy (non-hydrogen) atoms. The normalized spacial score (nSPS) is 21.8. The van der Waals surface area contributed by atoms with Crippen LogP contribution in [0.3, 0.4) is 0 Å². The highest BCUT2D eigenvalue weighted by Crippen LogP contribution is 2.43. The summed E-state index contributed by atoms with van der Waals surface area (Å²) < 4.78 is 0. The summed E-state index contributed by atoms with van der Waals surface area (Å²) in [4.78, 5) is 0. The number of nitrogens with zero attached hydrogens (tertiary/aromatic N) is 1. The molecule has 1 unspecified atom stereocenters. The minimum Gasteiger partial charge on any atom is -0.197 e. The Labute approximate surface area is 197 Å². The van der Waals surface area contributed by atoms with E-state index in [4.69, 9.17) is 0 Å². The zero-order valence-corrected chi connectivity index (χ0v) is 20.7. The zero-order chi connectivity index (χ0) is 22.8. The first-order valence-corrected chi connectivity index (χ1v) is 13.2. The van der Waals surface area contributed by atoms with Gasteiger partial charge in [-0.2, -0.15) is 5.26 Å². The molecule has 1 nitrogen and oxygen atoms in total. The Balaban J connectivity index is 1.59. The molecule has 0 heterocycles. The molecular formula is C31H43N. The predicted octanol–water partition coefficient (Wildman–Crippen LogP) is 9.25. The predicted molar refractivity (Wildman–Crippen MR) is 138 cm³/mol. The summed E-state index contributed by atoms with van der Waals surface area (Å²) in [5.41, 5.74) is 4.90. The van der Waals surface area contributed by atoms with Gasteiger partial charge < -0.3 is 0 Å². The van der Waals surface area contributed by atoms with Crippen LogP contribution in [0.4, 0.5) is 0 Å². The highest BCUT2D eigenvalue weighted by atomic mass is 14.4. The van der Waals surface area contributed by atoms with E-state index in [0.717, 1.165) is 24.7 Å². The fourth-order valence-electron chi connectivity index (χ4n) is 5.39. The van der Waals surface area contributed by atoms with E-state index in [0.29, 0.717) is 0 Å². The summed E-state index contributed by atoms with van der Waals surface area (Å²) in [6, 6.07) is 20.7. The van der Waals surface area contributed by atoms with Gasteiger partial charge in [0.15, 0.2) is 0 Å². The molecule has 1 atom stereocenters. The van der Waals surface area contributed by atoms with Gasteiger partial charge in [-0.3, -0.25) is 0 Å². The number of aryl methyl sites for hydroxylation is 1. The summed E-state index contributed by atoms with van der Waals surface area (Å²) in [5, 5.41) is 10.1. The molecule has 0 aromatic heterocycles. The molecule has 1 aliphatic carbocycles. The molecule has 0 amide bonds. The molecule has 1 saturated carbocycles. The summed E-state index contributed by atoms with van der Waals surface area (Å²) in [6.45, 7) is 6.92. The molecule has 3 rings (SSSR count). The van der Waals surface area contributed by atoms with Crippen molar-refractivity contribution in [3.8, 4) is 17.2 Å². The Morgan fingerprint density at radius 1 is 0.875 bits per heavy atom. The van der Waals surface area contributed by atoms with Crippen LogP contribution >= 0.6 is 0 Å². The van der Waals surface area contributed by atoms with E-state index in [9.17, 15) is 5.26 Å². The van der Waals surface area contributed by atoms with Crippen LogP contribution in [-0.4, -0.2) is 0 Å². The first kappa shape index (κ1) is 24.6. The van der Waals surface area contributed by atoms with Crippen molar-refractivity contribution in [1.82, 2.24) is 0 Å². The molecule has 172 valence electrons. The van der Waals surface area contributed by atoms with Crippen molar-refractivity contribution >= 4 is 0 Å². The van der Waals surface area contributed by atoms with E-state index in [1.54, 1.807) is 0 Å². The summed E-state index contributed by atoms with van der Waals surface area (Å²) in [7, 11) is 0. The van der Waals surface area contributed by atoms with Gasteiger partial charge in [0.05, 0.1) is 11.5 Å². The van der Waals surface area contributed by atoms with Crippen molar-refractivity contribution in [3.05, 3.63) is 59.7 Å². The third-order valence-electron chi connectivity index (χ3n) is 7.90. The van der Waals surface area contributed by atoms with Crippen molar-refractivity contribution in [2.45, 2.75) is 103 Å². The highest BCUT2D eigenvalue weighted by Gasteiger charge is 2.37. The number of rotatable bonds is 11. The molecule has 2 aromatic rings. The lowest BCUT2D eigenvalue weighted by atomic mass is 9.66. The molecule has 1 heteroatoms. The standard InChI is InChI=1S/C31H43N/c1-4-6-7-8-9-10-26-11-13-28(14-12-26)29-15-17-30(18-16-29)31(24-32)21-19-27(20-22-31)23-25(3)5-2/h11-18,25,27H,4-10,19-23H2,1-3H3. The lowest BCUT2D eigenvalue weighted by Crippen LogP contribution is -2.30. The maximum atomic E-state index is 10.1. The topological polar surface area (TPSA) is 23.8 Å². The fourth-order valence-corrected chi connectivity index (χ4v) is 5.39. The van der Waals surface area contributed by atoms with Crippen molar-refractivity contribution in [2.24, 2.45) is 11.8 Å². The second-order valence-electron chi connectivity index (χ2n) is 10.3. The van der Waals surface area contributed by atoms with E-state index in [1.165, 1.54) is 86.5 Å². The molecule has 0 spiro atoms. The average molecular weight is 430 g/mol. The Morgan fingerprint density at radius 3 is 2.03 bits per heavy atom. The van der Waals surface area contributed by atoms with Gasteiger partial charge in [0.1, 0.15) is 0 Å². The van der Waals surface area contributed by atoms with Gasteiger partial charge in [-0.05, 0) is 79.0 Å². The maximum Gasteiger partial charge on any atom is 0.0822 e. The molecule has 0 aliphatic heterocycles.